The predicted octanol–water partition coefficient (Wildman–Crippen LogP) is 2.66. The van der Waals surface area contributed by atoms with Gasteiger partial charge in [0, 0.05) is 10.8 Å². The Morgan fingerprint density at radius 3 is 2.50 bits per heavy atom. The molecule has 6 heteroatoms. The van der Waals surface area contributed by atoms with E-state index in [1.807, 2.05) is 42.2 Å². The molecule has 5 nitrogen and oxygen atoms in total. The number of nitrogens with one attached hydrogen (secondary N) is 1. The van der Waals surface area contributed by atoms with Crippen molar-refractivity contribution in [3.63, 3.8) is 0 Å². The highest BCUT2D eigenvalue weighted by Gasteiger charge is 2.60. The molecular weight excluding hydrogens is 324 g/mol. The molecule has 2 aliphatic heterocycles. The zero-order valence-corrected chi connectivity index (χ0v) is 15.5. The SMILES string of the molecule is CCC1N2C(=O)C(NC=O)C2SC1(C)C.CCOc1ccccc1. The molecule has 3 unspecified atom stereocenters. The summed E-state index contributed by atoms with van der Waals surface area (Å²) in [7, 11) is 0. The molecule has 3 atom stereocenters. The number of hydrogen-bond donors (Lipinski definition) is 1. The van der Waals surface area contributed by atoms with Crippen molar-refractivity contribution in [2.45, 2.75) is 56.3 Å². The van der Waals surface area contributed by atoms with Crippen LogP contribution in [0.2, 0.25) is 0 Å². The maximum Gasteiger partial charge on any atom is 0.249 e. The van der Waals surface area contributed by atoms with Gasteiger partial charge >= 0.3 is 0 Å². The standard InChI is InChI=1S/C10H16N2O2S.C8H10O/c1-4-6-10(2,3)15-9-7(11-5-13)8(14)12(6)9;1-2-9-8-6-4-3-5-7-8/h5-7,9H,4H2,1-3H3,(H,11,13);3-7H,2H2,1H3. The average Bonchev–Trinajstić information content (AvgIpc) is 2.82. The number of benzene rings is 1. The number of ether oxygens (including phenoxy) is 1. The van der Waals surface area contributed by atoms with E-state index in [1.54, 1.807) is 11.8 Å². The molecule has 0 aliphatic carbocycles. The molecule has 2 amide bonds. The summed E-state index contributed by atoms with van der Waals surface area (Å²) in [6, 6.07) is 9.79. The first-order valence-electron chi connectivity index (χ1n) is 8.33. The highest BCUT2D eigenvalue weighted by molar-refractivity contribution is 8.01. The summed E-state index contributed by atoms with van der Waals surface area (Å²) in [5.41, 5.74) is 0. The Bertz CT molecular complexity index is 565. The van der Waals surface area contributed by atoms with Gasteiger partial charge in [-0.15, -0.1) is 11.8 Å². The van der Waals surface area contributed by atoms with Crippen LogP contribution < -0.4 is 10.1 Å². The number of thioether (sulfide) groups is 1. The summed E-state index contributed by atoms with van der Waals surface area (Å²) in [4.78, 5) is 24.1. The molecule has 2 aliphatic rings. The van der Waals surface area contributed by atoms with Crippen LogP contribution in [0.5, 0.6) is 5.75 Å². The Kier molecular flexibility index (Phi) is 6.15. The van der Waals surface area contributed by atoms with Crippen molar-refractivity contribution in [2.24, 2.45) is 0 Å². The minimum atomic E-state index is -0.302. The molecule has 1 N–H and O–H groups in total. The van der Waals surface area contributed by atoms with Gasteiger partial charge in [0.25, 0.3) is 0 Å². The molecule has 3 rings (SSSR count). The smallest absolute Gasteiger partial charge is 0.249 e. The summed E-state index contributed by atoms with van der Waals surface area (Å²) in [6.45, 7) is 9.14. The van der Waals surface area contributed by atoms with Crippen molar-refractivity contribution in [3.05, 3.63) is 30.3 Å². The molecule has 2 saturated heterocycles. The summed E-state index contributed by atoms with van der Waals surface area (Å²) >= 11 is 1.79. The van der Waals surface area contributed by atoms with Gasteiger partial charge in [0.1, 0.15) is 17.2 Å². The molecule has 0 bridgehead atoms. The van der Waals surface area contributed by atoms with Crippen molar-refractivity contribution in [2.75, 3.05) is 6.61 Å². The highest BCUT2D eigenvalue weighted by Crippen LogP contribution is 2.51. The second kappa shape index (κ2) is 7.92. The first-order chi connectivity index (χ1) is 11.5. The fourth-order valence-corrected chi connectivity index (χ4v) is 5.02. The normalized spacial score (nSPS) is 26.6. The van der Waals surface area contributed by atoms with Crippen molar-refractivity contribution in [1.82, 2.24) is 10.2 Å². The summed E-state index contributed by atoms with van der Waals surface area (Å²) in [5.74, 6) is 1.01. The van der Waals surface area contributed by atoms with E-state index in [0.717, 1.165) is 18.8 Å². The predicted molar refractivity (Wildman–Crippen MR) is 97.0 cm³/mol. The van der Waals surface area contributed by atoms with Gasteiger partial charge in [-0.1, -0.05) is 25.1 Å². The lowest BCUT2D eigenvalue weighted by Gasteiger charge is -2.44. The Labute approximate surface area is 148 Å². The van der Waals surface area contributed by atoms with Gasteiger partial charge in [-0.3, -0.25) is 9.59 Å². The summed E-state index contributed by atoms with van der Waals surface area (Å²) in [6.07, 6.45) is 1.59. The van der Waals surface area contributed by atoms with Crippen molar-refractivity contribution >= 4 is 24.1 Å². The van der Waals surface area contributed by atoms with Gasteiger partial charge in [0.15, 0.2) is 0 Å². The van der Waals surface area contributed by atoms with E-state index in [9.17, 15) is 9.59 Å². The van der Waals surface area contributed by atoms with Crippen molar-refractivity contribution < 1.29 is 14.3 Å². The van der Waals surface area contributed by atoms with Crippen LogP contribution >= 0.6 is 11.8 Å². The Morgan fingerprint density at radius 1 is 1.29 bits per heavy atom. The van der Waals surface area contributed by atoms with Gasteiger partial charge in [0.05, 0.1) is 6.61 Å². The molecule has 132 valence electrons. The number of carbonyl (C=O) groups excluding carboxylic acids is 2. The number of hydrogen-bond acceptors (Lipinski definition) is 4. The lowest BCUT2D eigenvalue weighted by atomic mass is 9.94. The van der Waals surface area contributed by atoms with E-state index in [-0.39, 0.29) is 22.1 Å². The molecule has 2 heterocycles. The van der Waals surface area contributed by atoms with Crippen LogP contribution in [0.4, 0.5) is 0 Å². The largest absolute Gasteiger partial charge is 0.494 e. The quantitative estimate of drug-likeness (QED) is 0.655. The van der Waals surface area contributed by atoms with Gasteiger partial charge in [-0.2, -0.15) is 0 Å². The van der Waals surface area contributed by atoms with Crippen LogP contribution in [-0.2, 0) is 9.59 Å². The molecule has 0 radical (unpaired) electrons. The van der Waals surface area contributed by atoms with E-state index in [1.165, 1.54) is 0 Å². The van der Waals surface area contributed by atoms with Crippen LogP contribution in [0, 0.1) is 0 Å². The lowest BCUT2D eigenvalue weighted by molar-refractivity contribution is -0.150. The molecule has 24 heavy (non-hydrogen) atoms. The number of β-lactam (4-membered cyclic amide) rings is 1. The molecular formula is C18H26N2O3S. The average molecular weight is 350 g/mol. The number of para-hydroxylation sites is 1. The number of amides is 2. The van der Waals surface area contributed by atoms with Crippen molar-refractivity contribution in [3.8, 4) is 5.75 Å². The Balaban J connectivity index is 0.000000198. The number of rotatable bonds is 5. The van der Waals surface area contributed by atoms with Gasteiger partial charge < -0.3 is 15.0 Å². The van der Waals surface area contributed by atoms with Crippen LogP contribution in [0.1, 0.15) is 34.1 Å². The first-order valence-corrected chi connectivity index (χ1v) is 9.21. The fourth-order valence-electron chi connectivity index (χ4n) is 3.27. The minimum absolute atomic E-state index is 0.0667. The number of nitrogens with zero attached hydrogens (tertiary/aromatic N) is 1. The molecule has 1 aromatic carbocycles. The minimum Gasteiger partial charge on any atom is -0.494 e. The molecule has 2 fully saturated rings. The van der Waals surface area contributed by atoms with E-state index >= 15 is 0 Å². The van der Waals surface area contributed by atoms with Crippen LogP contribution in [0.15, 0.2) is 30.3 Å². The first kappa shape index (κ1) is 18.6. The van der Waals surface area contributed by atoms with E-state index in [2.05, 4.69) is 26.1 Å². The van der Waals surface area contributed by atoms with E-state index in [4.69, 9.17) is 4.74 Å². The van der Waals surface area contributed by atoms with Crippen LogP contribution in [0.3, 0.4) is 0 Å². The Morgan fingerprint density at radius 2 is 1.96 bits per heavy atom. The third kappa shape index (κ3) is 3.69. The molecule has 0 saturated carbocycles. The molecule has 0 aromatic heterocycles. The molecule has 0 spiro atoms. The van der Waals surface area contributed by atoms with Crippen molar-refractivity contribution in [1.29, 1.82) is 0 Å². The summed E-state index contributed by atoms with van der Waals surface area (Å²) in [5, 5.41) is 2.73. The van der Waals surface area contributed by atoms with E-state index in [0.29, 0.717) is 12.5 Å². The van der Waals surface area contributed by atoms with E-state index < -0.39 is 0 Å². The second-order valence-corrected chi connectivity index (χ2v) is 8.06. The number of carbonyl (C=O) groups is 2. The topological polar surface area (TPSA) is 58.6 Å². The zero-order chi connectivity index (χ0) is 17.7. The fraction of sp³-hybridized carbons (Fsp3) is 0.556. The second-order valence-electron chi connectivity index (χ2n) is 6.29. The van der Waals surface area contributed by atoms with Crippen LogP contribution in [0.25, 0.3) is 0 Å². The lowest BCUT2D eigenvalue weighted by Crippen LogP contribution is -2.68. The zero-order valence-electron chi connectivity index (χ0n) is 14.7. The molecule has 1 aromatic rings. The van der Waals surface area contributed by atoms with Gasteiger partial charge in [0.2, 0.25) is 12.3 Å². The highest BCUT2D eigenvalue weighted by atomic mass is 32.2. The maximum atomic E-state index is 11.8. The number of fused-ring (bicyclic) bond motifs is 1. The summed E-state index contributed by atoms with van der Waals surface area (Å²) < 4.78 is 5.30. The Hall–Kier alpha value is -1.69. The third-order valence-corrected chi connectivity index (χ3v) is 5.95. The van der Waals surface area contributed by atoms with Gasteiger partial charge in [-0.25, -0.2) is 0 Å². The monoisotopic (exact) mass is 350 g/mol. The van der Waals surface area contributed by atoms with Crippen LogP contribution in [-0.4, -0.2) is 46.0 Å². The maximum absolute atomic E-state index is 11.8. The third-order valence-electron chi connectivity index (χ3n) is 4.33. The van der Waals surface area contributed by atoms with Gasteiger partial charge in [-0.05, 0) is 39.3 Å².